The molecule has 2 unspecified atom stereocenters. The van der Waals surface area contributed by atoms with Crippen LogP contribution in [0.2, 0.25) is 0 Å². The third-order valence-corrected chi connectivity index (χ3v) is 3.54. The van der Waals surface area contributed by atoms with Gasteiger partial charge in [0.05, 0.1) is 6.54 Å². The maximum atomic E-state index is 13.3. The van der Waals surface area contributed by atoms with Crippen LogP contribution in [0.5, 0.6) is 0 Å². The molecule has 2 rings (SSSR count). The van der Waals surface area contributed by atoms with Gasteiger partial charge in [-0.25, -0.2) is 8.78 Å². The molecule has 1 aliphatic heterocycles. The Labute approximate surface area is 111 Å². The minimum Gasteiger partial charge on any atom is -0.322 e. The Morgan fingerprint density at radius 3 is 2.79 bits per heavy atom. The van der Waals surface area contributed by atoms with Crippen LogP contribution in [0.3, 0.4) is 0 Å². The van der Waals surface area contributed by atoms with Crippen molar-refractivity contribution in [3.63, 3.8) is 0 Å². The lowest BCUT2D eigenvalue weighted by molar-refractivity contribution is -0.128. The molecular weight excluding hydrogens is 250 g/mol. The van der Waals surface area contributed by atoms with Gasteiger partial charge in [0.15, 0.2) is 11.6 Å². The molecule has 0 saturated carbocycles. The Morgan fingerprint density at radius 1 is 1.42 bits per heavy atom. The molecule has 1 fully saturated rings. The summed E-state index contributed by atoms with van der Waals surface area (Å²) in [6, 6.07) is 3.75. The Hall–Kier alpha value is -1.49. The first kappa shape index (κ1) is 13.9. The molecule has 1 aromatic carbocycles. The second-order valence-electron chi connectivity index (χ2n) is 5.02. The van der Waals surface area contributed by atoms with Crippen LogP contribution in [0, 0.1) is 17.6 Å². The first-order valence-electron chi connectivity index (χ1n) is 6.50. The van der Waals surface area contributed by atoms with Gasteiger partial charge in [-0.3, -0.25) is 10.1 Å². The smallest absolute Gasteiger partial charge is 0.238 e. The number of hydrogen-bond donors (Lipinski definition) is 1. The minimum atomic E-state index is -0.887. The highest BCUT2D eigenvalue weighted by Crippen LogP contribution is 2.25. The number of amides is 1. The molecule has 0 radical (unpaired) electrons. The second kappa shape index (κ2) is 5.65. The highest BCUT2D eigenvalue weighted by atomic mass is 19.2. The van der Waals surface area contributed by atoms with Crippen molar-refractivity contribution in [2.45, 2.75) is 26.4 Å². The van der Waals surface area contributed by atoms with Gasteiger partial charge in [0, 0.05) is 6.54 Å². The molecule has 1 heterocycles. The molecule has 19 heavy (non-hydrogen) atoms. The molecule has 1 N–H and O–H groups in total. The van der Waals surface area contributed by atoms with Crippen molar-refractivity contribution in [1.82, 2.24) is 10.2 Å². The molecular formula is C14H18F2N2O. The van der Waals surface area contributed by atoms with E-state index in [2.05, 4.69) is 19.2 Å². The SMILES string of the molecule is CCC(C)CN1C(=O)CNC1c1ccc(F)c(F)c1. The Morgan fingerprint density at radius 2 is 2.16 bits per heavy atom. The van der Waals surface area contributed by atoms with E-state index in [1.165, 1.54) is 6.07 Å². The normalized spacial score (nSPS) is 20.9. The molecule has 104 valence electrons. The number of rotatable bonds is 4. The van der Waals surface area contributed by atoms with E-state index in [4.69, 9.17) is 0 Å². The summed E-state index contributed by atoms with van der Waals surface area (Å²) in [6.07, 6.45) is 0.602. The van der Waals surface area contributed by atoms with Crippen molar-refractivity contribution in [3.8, 4) is 0 Å². The van der Waals surface area contributed by atoms with E-state index in [9.17, 15) is 13.6 Å². The van der Waals surface area contributed by atoms with Crippen LogP contribution in [-0.2, 0) is 4.79 Å². The van der Waals surface area contributed by atoms with Crippen LogP contribution in [0.25, 0.3) is 0 Å². The quantitative estimate of drug-likeness (QED) is 0.909. The van der Waals surface area contributed by atoms with Gasteiger partial charge in [-0.05, 0) is 23.6 Å². The topological polar surface area (TPSA) is 32.3 Å². The maximum Gasteiger partial charge on any atom is 0.238 e. The molecule has 5 heteroatoms. The van der Waals surface area contributed by atoms with Gasteiger partial charge >= 0.3 is 0 Å². The molecule has 1 amide bonds. The Bertz CT molecular complexity index is 479. The summed E-state index contributed by atoms with van der Waals surface area (Å²) < 4.78 is 26.2. The monoisotopic (exact) mass is 268 g/mol. The number of hydrogen-bond acceptors (Lipinski definition) is 2. The zero-order valence-corrected chi connectivity index (χ0v) is 11.1. The van der Waals surface area contributed by atoms with Gasteiger partial charge in [-0.15, -0.1) is 0 Å². The Balaban J connectivity index is 2.21. The molecule has 0 aromatic heterocycles. The largest absolute Gasteiger partial charge is 0.322 e. The molecule has 1 aliphatic rings. The van der Waals surface area contributed by atoms with Gasteiger partial charge in [-0.1, -0.05) is 26.3 Å². The van der Waals surface area contributed by atoms with E-state index >= 15 is 0 Å². The predicted octanol–water partition coefficient (Wildman–Crippen LogP) is 2.44. The fourth-order valence-corrected chi connectivity index (χ4v) is 2.19. The summed E-state index contributed by atoms with van der Waals surface area (Å²) in [5.74, 6) is -1.39. The van der Waals surface area contributed by atoms with Gasteiger partial charge in [0.2, 0.25) is 5.91 Å². The van der Waals surface area contributed by atoms with Crippen LogP contribution >= 0.6 is 0 Å². The van der Waals surface area contributed by atoms with Crippen molar-refractivity contribution < 1.29 is 13.6 Å². The van der Waals surface area contributed by atoms with Crippen LogP contribution in [0.15, 0.2) is 18.2 Å². The van der Waals surface area contributed by atoms with E-state index in [0.717, 1.165) is 18.6 Å². The lowest BCUT2D eigenvalue weighted by Gasteiger charge is -2.27. The third kappa shape index (κ3) is 2.92. The average molecular weight is 268 g/mol. The predicted molar refractivity (Wildman–Crippen MR) is 68.3 cm³/mol. The van der Waals surface area contributed by atoms with Gasteiger partial charge in [0.1, 0.15) is 6.17 Å². The molecule has 0 aliphatic carbocycles. The first-order valence-corrected chi connectivity index (χ1v) is 6.50. The summed E-state index contributed by atoms with van der Waals surface area (Å²) >= 11 is 0. The summed E-state index contributed by atoms with van der Waals surface area (Å²) in [6.45, 7) is 4.98. The molecule has 3 nitrogen and oxygen atoms in total. The molecule has 1 saturated heterocycles. The van der Waals surface area contributed by atoms with Crippen molar-refractivity contribution >= 4 is 5.91 Å². The van der Waals surface area contributed by atoms with Crippen molar-refractivity contribution in [2.24, 2.45) is 5.92 Å². The van der Waals surface area contributed by atoms with E-state index in [1.54, 1.807) is 4.90 Å². The fraction of sp³-hybridized carbons (Fsp3) is 0.500. The summed E-state index contributed by atoms with van der Waals surface area (Å²) in [7, 11) is 0. The number of carbonyl (C=O) groups is 1. The molecule has 2 atom stereocenters. The highest BCUT2D eigenvalue weighted by Gasteiger charge is 2.32. The van der Waals surface area contributed by atoms with Gasteiger partial charge in [0.25, 0.3) is 0 Å². The second-order valence-corrected chi connectivity index (χ2v) is 5.02. The first-order chi connectivity index (χ1) is 9.02. The molecule has 0 bridgehead atoms. The van der Waals surface area contributed by atoms with Crippen LogP contribution < -0.4 is 5.32 Å². The Kier molecular flexibility index (Phi) is 4.14. The minimum absolute atomic E-state index is 0.00460. The van der Waals surface area contributed by atoms with E-state index in [0.29, 0.717) is 18.0 Å². The van der Waals surface area contributed by atoms with Crippen LogP contribution in [-0.4, -0.2) is 23.9 Å². The number of nitrogens with zero attached hydrogens (tertiary/aromatic N) is 1. The maximum absolute atomic E-state index is 13.3. The van der Waals surface area contributed by atoms with Crippen molar-refractivity contribution in [2.75, 3.05) is 13.1 Å². The number of halogens is 2. The van der Waals surface area contributed by atoms with Gasteiger partial charge < -0.3 is 4.90 Å². The standard InChI is InChI=1S/C14H18F2N2O/c1-3-9(2)8-18-13(19)7-17-14(18)10-4-5-11(15)12(16)6-10/h4-6,9,14,17H,3,7-8H2,1-2H3. The average Bonchev–Trinajstić information content (AvgIpc) is 2.74. The lowest BCUT2D eigenvalue weighted by Crippen LogP contribution is -2.34. The van der Waals surface area contributed by atoms with E-state index < -0.39 is 11.6 Å². The molecule has 0 spiro atoms. The number of nitrogens with one attached hydrogen (secondary N) is 1. The third-order valence-electron chi connectivity index (χ3n) is 3.54. The van der Waals surface area contributed by atoms with E-state index in [-0.39, 0.29) is 18.6 Å². The number of carbonyl (C=O) groups excluding carboxylic acids is 1. The fourth-order valence-electron chi connectivity index (χ4n) is 2.19. The molecule has 1 aromatic rings. The summed E-state index contributed by atoms with van der Waals surface area (Å²) in [5, 5.41) is 3.04. The summed E-state index contributed by atoms with van der Waals surface area (Å²) in [4.78, 5) is 13.6. The zero-order chi connectivity index (χ0) is 14.0. The summed E-state index contributed by atoms with van der Waals surface area (Å²) in [5.41, 5.74) is 0.577. The number of benzene rings is 1. The van der Waals surface area contributed by atoms with Crippen molar-refractivity contribution in [1.29, 1.82) is 0 Å². The highest BCUT2D eigenvalue weighted by molar-refractivity contribution is 5.80. The lowest BCUT2D eigenvalue weighted by atomic mass is 10.1. The van der Waals surface area contributed by atoms with E-state index in [1.807, 2.05) is 0 Å². The van der Waals surface area contributed by atoms with Crippen LogP contribution in [0.4, 0.5) is 8.78 Å². The van der Waals surface area contributed by atoms with Crippen LogP contribution in [0.1, 0.15) is 32.0 Å². The van der Waals surface area contributed by atoms with Crippen molar-refractivity contribution in [3.05, 3.63) is 35.4 Å². The van der Waals surface area contributed by atoms with Gasteiger partial charge in [-0.2, -0.15) is 0 Å². The zero-order valence-electron chi connectivity index (χ0n) is 11.1.